The molecule has 0 radical (unpaired) electrons. The minimum absolute atomic E-state index is 0.696. The smallest absolute Gasteiger partial charge is 0.114 e. The molecule has 3 rings (SSSR count). The lowest BCUT2D eigenvalue weighted by molar-refractivity contribution is 1.04. The molecule has 0 saturated carbocycles. The van der Waals surface area contributed by atoms with Crippen LogP contribution in [-0.4, -0.2) is 6.54 Å². The first kappa shape index (κ1) is 15.6. The fourth-order valence-corrected chi connectivity index (χ4v) is 3.79. The van der Waals surface area contributed by atoms with Gasteiger partial charge in [-0.3, -0.25) is 0 Å². The number of para-hydroxylation sites is 1. The molecule has 0 aliphatic rings. The summed E-state index contributed by atoms with van der Waals surface area (Å²) >= 11 is 7.56. The fraction of sp³-hybridized carbons (Fsp3) is 0.105. The fourth-order valence-electron chi connectivity index (χ4n) is 2.55. The minimum atomic E-state index is 0.696. The van der Waals surface area contributed by atoms with Crippen LogP contribution in [-0.2, 0) is 0 Å². The van der Waals surface area contributed by atoms with Crippen LogP contribution in [0.2, 0.25) is 5.02 Å². The molecule has 0 bridgehead atoms. The van der Waals surface area contributed by atoms with Crippen LogP contribution in [0.5, 0.6) is 0 Å². The maximum absolute atomic E-state index is 9.70. The molecule has 0 saturated heterocycles. The van der Waals surface area contributed by atoms with Crippen LogP contribution >= 0.6 is 22.9 Å². The molecule has 0 spiro atoms. The zero-order chi connectivity index (χ0) is 16.2. The average Bonchev–Trinajstić information content (AvgIpc) is 3.01. The summed E-state index contributed by atoms with van der Waals surface area (Å²) in [5.41, 5.74) is 3.77. The van der Waals surface area contributed by atoms with E-state index in [0.29, 0.717) is 10.6 Å². The molecule has 23 heavy (non-hydrogen) atoms. The summed E-state index contributed by atoms with van der Waals surface area (Å²) in [5.74, 6) is 0. The van der Waals surface area contributed by atoms with Crippen molar-refractivity contribution in [2.45, 2.75) is 6.92 Å². The normalized spacial score (nSPS) is 10.3. The van der Waals surface area contributed by atoms with E-state index < -0.39 is 0 Å². The second-order valence-electron chi connectivity index (χ2n) is 5.03. The Morgan fingerprint density at radius 1 is 1.09 bits per heavy atom. The largest absolute Gasteiger partial charge is 0.332 e. The second kappa shape index (κ2) is 6.87. The number of benzene rings is 2. The summed E-state index contributed by atoms with van der Waals surface area (Å²) in [7, 11) is 0. The number of nitriles is 1. The monoisotopic (exact) mass is 338 g/mol. The lowest BCUT2D eigenvalue weighted by atomic mass is 10.0. The molecule has 0 atom stereocenters. The molecular formula is C19H15ClN2S. The molecule has 0 fully saturated rings. The number of hydrogen-bond acceptors (Lipinski definition) is 3. The molecule has 2 nitrogen and oxygen atoms in total. The lowest BCUT2D eigenvalue weighted by Gasteiger charge is -2.22. The third-order valence-corrected chi connectivity index (χ3v) is 4.92. The molecule has 2 aromatic carbocycles. The zero-order valence-corrected chi connectivity index (χ0v) is 14.2. The number of anilines is 2. The van der Waals surface area contributed by atoms with Crippen LogP contribution in [0, 0.1) is 11.3 Å². The van der Waals surface area contributed by atoms with Crippen LogP contribution in [0.1, 0.15) is 12.5 Å². The number of thiophene rings is 1. The first-order chi connectivity index (χ1) is 11.2. The van der Waals surface area contributed by atoms with Gasteiger partial charge in [0.05, 0.1) is 5.56 Å². The number of nitrogens with zero attached hydrogens (tertiary/aromatic N) is 2. The highest BCUT2D eigenvalue weighted by Gasteiger charge is 2.18. The summed E-state index contributed by atoms with van der Waals surface area (Å²) in [6, 6.07) is 20.1. The van der Waals surface area contributed by atoms with Gasteiger partial charge in [0, 0.05) is 28.2 Å². The van der Waals surface area contributed by atoms with Crippen LogP contribution in [0.3, 0.4) is 0 Å². The average molecular weight is 339 g/mol. The molecule has 4 heteroatoms. The van der Waals surface area contributed by atoms with Crippen LogP contribution in [0.4, 0.5) is 10.7 Å². The van der Waals surface area contributed by atoms with Gasteiger partial charge in [-0.1, -0.05) is 41.9 Å². The van der Waals surface area contributed by atoms with E-state index >= 15 is 0 Å². The SMILES string of the molecule is CCN(c1ccccc1)c1scc(-c2ccc(Cl)cc2)c1C#N. The zero-order valence-electron chi connectivity index (χ0n) is 12.7. The van der Waals surface area contributed by atoms with Gasteiger partial charge in [0.2, 0.25) is 0 Å². The highest BCUT2D eigenvalue weighted by Crippen LogP contribution is 2.40. The van der Waals surface area contributed by atoms with Gasteiger partial charge in [-0.05, 0) is 36.8 Å². The summed E-state index contributed by atoms with van der Waals surface area (Å²) in [4.78, 5) is 2.17. The van der Waals surface area contributed by atoms with Gasteiger partial charge < -0.3 is 4.90 Å². The van der Waals surface area contributed by atoms with Crippen molar-refractivity contribution in [2.75, 3.05) is 11.4 Å². The maximum atomic E-state index is 9.70. The molecule has 1 aromatic heterocycles. The molecular weight excluding hydrogens is 324 g/mol. The minimum Gasteiger partial charge on any atom is -0.332 e. The standard InChI is InChI=1S/C19H15ClN2S/c1-2-22(16-6-4-3-5-7-16)19-17(12-21)18(13-23-19)14-8-10-15(20)11-9-14/h3-11,13H,2H2,1H3. The van der Waals surface area contributed by atoms with Gasteiger partial charge in [-0.25, -0.2) is 0 Å². The molecule has 0 unspecified atom stereocenters. The number of halogens is 1. The quantitative estimate of drug-likeness (QED) is 0.574. The van der Waals surface area contributed by atoms with Gasteiger partial charge >= 0.3 is 0 Å². The third kappa shape index (κ3) is 3.10. The highest BCUT2D eigenvalue weighted by atomic mass is 35.5. The van der Waals surface area contributed by atoms with Crippen LogP contribution < -0.4 is 4.90 Å². The van der Waals surface area contributed by atoms with E-state index in [1.807, 2.05) is 47.8 Å². The van der Waals surface area contributed by atoms with Crippen LogP contribution in [0.15, 0.2) is 60.0 Å². The second-order valence-corrected chi connectivity index (χ2v) is 6.32. The van der Waals surface area contributed by atoms with E-state index in [1.165, 1.54) is 0 Å². The lowest BCUT2D eigenvalue weighted by Crippen LogP contribution is -2.15. The molecule has 0 N–H and O–H groups in total. The molecule has 1 heterocycles. The van der Waals surface area contributed by atoms with E-state index in [4.69, 9.17) is 11.6 Å². The molecule has 0 amide bonds. The number of rotatable bonds is 4. The Balaban J connectivity index is 2.08. The van der Waals surface area contributed by atoms with Crippen LogP contribution in [0.25, 0.3) is 11.1 Å². The van der Waals surface area contributed by atoms with E-state index in [-0.39, 0.29) is 0 Å². The Labute approximate surface area is 145 Å². The Hall–Kier alpha value is -2.28. The van der Waals surface area contributed by atoms with Gasteiger partial charge in [0.1, 0.15) is 11.1 Å². The van der Waals surface area contributed by atoms with Crippen molar-refractivity contribution in [3.05, 3.63) is 70.6 Å². The van der Waals surface area contributed by atoms with E-state index in [2.05, 4.69) is 30.0 Å². The molecule has 114 valence electrons. The van der Waals surface area contributed by atoms with Crippen molar-refractivity contribution in [1.29, 1.82) is 5.26 Å². The first-order valence-electron chi connectivity index (χ1n) is 7.34. The van der Waals surface area contributed by atoms with Crippen molar-refractivity contribution in [3.63, 3.8) is 0 Å². The molecule has 0 aliphatic heterocycles. The van der Waals surface area contributed by atoms with Crippen molar-refractivity contribution < 1.29 is 0 Å². The Bertz CT molecular complexity index is 832. The van der Waals surface area contributed by atoms with Crippen molar-refractivity contribution in [1.82, 2.24) is 0 Å². The van der Waals surface area contributed by atoms with Gasteiger partial charge in [-0.2, -0.15) is 5.26 Å². The van der Waals surface area contributed by atoms with E-state index in [1.54, 1.807) is 11.3 Å². The summed E-state index contributed by atoms with van der Waals surface area (Å²) in [6.07, 6.45) is 0. The predicted molar refractivity (Wildman–Crippen MR) is 98.6 cm³/mol. The van der Waals surface area contributed by atoms with Gasteiger partial charge in [0.25, 0.3) is 0 Å². The van der Waals surface area contributed by atoms with Gasteiger partial charge in [0.15, 0.2) is 0 Å². The summed E-state index contributed by atoms with van der Waals surface area (Å²) in [6.45, 7) is 2.90. The van der Waals surface area contributed by atoms with Crippen molar-refractivity contribution in [3.8, 4) is 17.2 Å². The Morgan fingerprint density at radius 2 is 1.78 bits per heavy atom. The van der Waals surface area contributed by atoms with Gasteiger partial charge in [-0.15, -0.1) is 11.3 Å². The van der Waals surface area contributed by atoms with E-state index in [0.717, 1.165) is 28.4 Å². The summed E-state index contributed by atoms with van der Waals surface area (Å²) in [5, 5.41) is 13.4. The third-order valence-electron chi connectivity index (χ3n) is 3.67. The highest BCUT2D eigenvalue weighted by molar-refractivity contribution is 7.15. The molecule has 3 aromatic rings. The summed E-state index contributed by atoms with van der Waals surface area (Å²) < 4.78 is 0. The molecule has 0 aliphatic carbocycles. The predicted octanol–water partition coefficient (Wildman–Crippen LogP) is 6.10. The Morgan fingerprint density at radius 3 is 2.39 bits per heavy atom. The topological polar surface area (TPSA) is 27.0 Å². The first-order valence-corrected chi connectivity index (χ1v) is 8.60. The Kier molecular flexibility index (Phi) is 4.66. The van der Waals surface area contributed by atoms with Crippen molar-refractivity contribution >= 4 is 33.6 Å². The van der Waals surface area contributed by atoms with Crippen molar-refractivity contribution in [2.24, 2.45) is 0 Å². The maximum Gasteiger partial charge on any atom is 0.114 e. The number of hydrogen-bond donors (Lipinski definition) is 0. The van der Waals surface area contributed by atoms with E-state index in [9.17, 15) is 5.26 Å².